The normalized spacial score (nSPS) is 11.4. The third kappa shape index (κ3) is 6.92. The Morgan fingerprint density at radius 3 is 1.88 bits per heavy atom. The summed E-state index contributed by atoms with van der Waals surface area (Å²) in [5.41, 5.74) is 0. The van der Waals surface area contributed by atoms with Gasteiger partial charge < -0.3 is 4.74 Å². The summed E-state index contributed by atoms with van der Waals surface area (Å²) in [6.07, 6.45) is -0.555. The molecule has 0 saturated heterocycles. The molecule has 0 aliphatic rings. The van der Waals surface area contributed by atoms with E-state index in [0.717, 1.165) is 0 Å². The largest absolute Gasteiger partial charge is 0.465 e. The van der Waals surface area contributed by atoms with Crippen molar-refractivity contribution in [2.45, 2.75) is 20.8 Å². The molecule has 0 unspecified atom stereocenters. The van der Waals surface area contributed by atoms with Crippen LogP contribution in [0.5, 0.6) is 0 Å². The number of ether oxygens (including phenoxy) is 1. The summed E-state index contributed by atoms with van der Waals surface area (Å²) in [5.74, 6) is -0.703. The molecule has 0 aromatic carbocycles. The molecule has 0 N–H and O–H groups in total. The van der Waals surface area contributed by atoms with Gasteiger partial charge in [0.15, 0.2) is 6.16 Å². The predicted molar refractivity (Wildman–Crippen MR) is 54.5 cm³/mol. The number of carbonyl (C=O) groups is 1. The second-order valence-corrected chi connectivity index (χ2v) is 4.37. The van der Waals surface area contributed by atoms with Crippen LogP contribution >= 0.6 is 7.60 Å². The minimum absolute atomic E-state index is 0.169. The lowest BCUT2D eigenvalue weighted by atomic mass is 10.8. The molecule has 0 spiro atoms. The SMILES string of the molecule is CCOOP(=O)(CC(=O)OCC)OOCC. The van der Waals surface area contributed by atoms with E-state index < -0.39 is 19.7 Å². The van der Waals surface area contributed by atoms with Crippen molar-refractivity contribution in [3.63, 3.8) is 0 Å². The van der Waals surface area contributed by atoms with Crippen molar-refractivity contribution in [1.29, 1.82) is 0 Å². The van der Waals surface area contributed by atoms with Crippen LogP contribution in [0, 0.1) is 0 Å². The summed E-state index contributed by atoms with van der Waals surface area (Å²) in [6, 6.07) is 0. The third-order valence-electron chi connectivity index (χ3n) is 1.20. The second-order valence-electron chi connectivity index (χ2n) is 2.54. The Morgan fingerprint density at radius 2 is 1.50 bits per heavy atom. The molecule has 0 rings (SSSR count). The van der Waals surface area contributed by atoms with Gasteiger partial charge in [-0.2, -0.15) is 0 Å². The quantitative estimate of drug-likeness (QED) is 0.268. The molecule has 0 heterocycles. The van der Waals surface area contributed by atoms with Gasteiger partial charge in [-0.1, -0.05) is 0 Å². The van der Waals surface area contributed by atoms with Crippen molar-refractivity contribution >= 4 is 13.6 Å². The summed E-state index contributed by atoms with van der Waals surface area (Å²) >= 11 is 0. The molecule has 0 aliphatic heterocycles. The molecule has 0 radical (unpaired) electrons. The van der Waals surface area contributed by atoms with Crippen LogP contribution in [0.3, 0.4) is 0 Å². The molecule has 7 nitrogen and oxygen atoms in total. The molecular weight excluding hydrogens is 239 g/mol. The van der Waals surface area contributed by atoms with Crippen molar-refractivity contribution in [1.82, 2.24) is 0 Å². The maximum absolute atomic E-state index is 11.8. The van der Waals surface area contributed by atoms with Gasteiger partial charge >= 0.3 is 13.6 Å². The number of esters is 1. The van der Waals surface area contributed by atoms with Crippen LogP contribution in [0.4, 0.5) is 0 Å². The third-order valence-corrected chi connectivity index (χ3v) is 2.51. The second kappa shape index (κ2) is 8.66. The highest BCUT2D eigenvalue weighted by Gasteiger charge is 2.32. The van der Waals surface area contributed by atoms with E-state index in [2.05, 4.69) is 23.9 Å². The monoisotopic (exact) mass is 256 g/mol. The van der Waals surface area contributed by atoms with E-state index in [1.807, 2.05) is 0 Å². The lowest BCUT2D eigenvalue weighted by molar-refractivity contribution is -0.263. The minimum Gasteiger partial charge on any atom is -0.465 e. The molecule has 0 atom stereocenters. The molecular formula is C8H17O7P. The van der Waals surface area contributed by atoms with Crippen molar-refractivity contribution in [2.75, 3.05) is 26.0 Å². The molecule has 0 saturated carbocycles. The number of hydrogen-bond donors (Lipinski definition) is 0. The number of carbonyl (C=O) groups excluding carboxylic acids is 1. The highest BCUT2D eigenvalue weighted by molar-refractivity contribution is 7.54. The lowest BCUT2D eigenvalue weighted by Crippen LogP contribution is -2.13. The van der Waals surface area contributed by atoms with Crippen LogP contribution in [0.25, 0.3) is 0 Å². The smallest absolute Gasteiger partial charge is 0.395 e. The van der Waals surface area contributed by atoms with E-state index in [9.17, 15) is 9.36 Å². The van der Waals surface area contributed by atoms with E-state index >= 15 is 0 Å². The maximum Gasteiger partial charge on any atom is 0.395 e. The summed E-state index contributed by atoms with van der Waals surface area (Å²) in [7, 11) is -3.76. The maximum atomic E-state index is 11.8. The zero-order chi connectivity index (χ0) is 12.4. The molecule has 8 heteroatoms. The average molecular weight is 256 g/mol. The van der Waals surface area contributed by atoms with E-state index in [1.165, 1.54) is 0 Å². The van der Waals surface area contributed by atoms with Crippen LogP contribution in [-0.2, 0) is 33.2 Å². The van der Waals surface area contributed by atoms with E-state index in [-0.39, 0.29) is 19.8 Å². The molecule has 0 bridgehead atoms. The van der Waals surface area contributed by atoms with Crippen LogP contribution in [-0.4, -0.2) is 32.0 Å². The number of hydrogen-bond acceptors (Lipinski definition) is 7. The first kappa shape index (κ1) is 15.5. The first-order valence-corrected chi connectivity index (χ1v) is 6.67. The van der Waals surface area contributed by atoms with Gasteiger partial charge in [-0.15, -0.1) is 9.35 Å². The zero-order valence-corrected chi connectivity index (χ0v) is 10.5. The van der Waals surface area contributed by atoms with Crippen LogP contribution in [0.2, 0.25) is 0 Å². The van der Waals surface area contributed by atoms with Gasteiger partial charge in [0.1, 0.15) is 0 Å². The first-order valence-electron chi connectivity index (χ1n) is 4.95. The van der Waals surface area contributed by atoms with Crippen LogP contribution in [0.1, 0.15) is 20.8 Å². The van der Waals surface area contributed by atoms with Gasteiger partial charge in [0.05, 0.1) is 19.8 Å². The first-order chi connectivity index (χ1) is 7.58. The molecule has 0 fully saturated rings. The highest BCUT2D eigenvalue weighted by atomic mass is 31.2. The van der Waals surface area contributed by atoms with Crippen molar-refractivity contribution in [3.8, 4) is 0 Å². The summed E-state index contributed by atoms with van der Waals surface area (Å²) < 4.78 is 25.4. The molecule has 16 heavy (non-hydrogen) atoms. The highest BCUT2D eigenvalue weighted by Crippen LogP contribution is 2.48. The minimum atomic E-state index is -3.76. The zero-order valence-electron chi connectivity index (χ0n) is 9.63. The summed E-state index contributed by atoms with van der Waals surface area (Å²) in [6.45, 7) is 5.42. The van der Waals surface area contributed by atoms with E-state index in [0.29, 0.717) is 0 Å². The van der Waals surface area contributed by atoms with Crippen LogP contribution in [0.15, 0.2) is 0 Å². The fraction of sp³-hybridized carbons (Fsp3) is 0.875. The van der Waals surface area contributed by atoms with Gasteiger partial charge in [-0.05, 0) is 20.8 Å². The predicted octanol–water partition coefficient (Wildman–Crippen LogP) is 1.68. The fourth-order valence-corrected chi connectivity index (χ4v) is 1.77. The van der Waals surface area contributed by atoms with Crippen molar-refractivity contribution in [2.24, 2.45) is 0 Å². The summed E-state index contributed by atoms with van der Waals surface area (Å²) in [5, 5.41) is 0. The Labute approximate surface area is 94.3 Å². The van der Waals surface area contributed by atoms with E-state index in [1.54, 1.807) is 20.8 Å². The topological polar surface area (TPSA) is 80.3 Å². The van der Waals surface area contributed by atoms with Gasteiger partial charge in [-0.25, -0.2) is 9.78 Å². The van der Waals surface area contributed by atoms with E-state index in [4.69, 9.17) is 0 Å². The Balaban J connectivity index is 4.28. The average Bonchev–Trinajstić information content (AvgIpc) is 2.24. The van der Waals surface area contributed by atoms with Gasteiger partial charge in [0.2, 0.25) is 0 Å². The molecule has 96 valence electrons. The Kier molecular flexibility index (Phi) is 8.42. The molecule has 0 aromatic rings. The molecule has 0 aliphatic carbocycles. The fourth-order valence-electron chi connectivity index (χ4n) is 0.696. The van der Waals surface area contributed by atoms with Crippen LogP contribution < -0.4 is 0 Å². The van der Waals surface area contributed by atoms with Gasteiger partial charge in [0, 0.05) is 0 Å². The van der Waals surface area contributed by atoms with Gasteiger partial charge in [-0.3, -0.25) is 9.36 Å². The van der Waals surface area contributed by atoms with Gasteiger partial charge in [0.25, 0.3) is 0 Å². The lowest BCUT2D eigenvalue weighted by Gasteiger charge is -2.14. The molecule has 0 amide bonds. The number of rotatable bonds is 9. The van der Waals surface area contributed by atoms with Crippen molar-refractivity contribution in [3.05, 3.63) is 0 Å². The van der Waals surface area contributed by atoms with Crippen molar-refractivity contribution < 1.29 is 33.2 Å². The molecule has 0 aromatic heterocycles. The Hall–Kier alpha value is -0.460. The Morgan fingerprint density at radius 1 is 1.00 bits per heavy atom. The Bertz CT molecular complexity index is 231. The standard InChI is InChI=1S/C8H17O7P/c1-4-11-8(9)7-16(10,14-12-5-2)15-13-6-3/h4-7H2,1-3H3. The summed E-state index contributed by atoms with van der Waals surface area (Å²) in [4.78, 5) is 20.1.